The second-order valence-corrected chi connectivity index (χ2v) is 7.07. The molecular formula is C22H22N4O3. The molecule has 0 bridgehead atoms. The predicted octanol–water partition coefficient (Wildman–Crippen LogP) is 3.37. The fraction of sp³-hybridized carbons (Fsp3) is 0.227. The number of H-pyrrole nitrogens is 2. The molecule has 0 saturated heterocycles. The summed E-state index contributed by atoms with van der Waals surface area (Å²) < 4.78 is 1.23. The average molecular weight is 390 g/mol. The summed E-state index contributed by atoms with van der Waals surface area (Å²) in [5.41, 5.74) is 1.62. The standard InChI is InChI=1S/C22H22N4O3/c27-20(24-16-10-9-15-11-12-23-19(15)14-16)8-2-1-5-13-26-21(28)17-6-3-4-7-18(17)25-22(26)29/h3-4,6-7,9-12,14,23H,1-2,5,8,13H2,(H,24,27)(H,25,29). The van der Waals surface area contributed by atoms with E-state index in [1.165, 1.54) is 4.57 Å². The monoisotopic (exact) mass is 390 g/mol. The van der Waals surface area contributed by atoms with E-state index < -0.39 is 5.69 Å². The minimum absolute atomic E-state index is 0.0448. The molecule has 2 heterocycles. The Morgan fingerprint density at radius 2 is 1.83 bits per heavy atom. The third kappa shape index (κ3) is 4.13. The Labute approximate surface area is 166 Å². The summed E-state index contributed by atoms with van der Waals surface area (Å²) in [6.07, 6.45) is 4.36. The molecule has 3 N–H and O–H groups in total. The first-order valence-electron chi connectivity index (χ1n) is 9.71. The van der Waals surface area contributed by atoms with Gasteiger partial charge in [0.25, 0.3) is 5.56 Å². The Kier molecular flexibility index (Phi) is 5.29. The van der Waals surface area contributed by atoms with Crippen LogP contribution in [0.25, 0.3) is 21.8 Å². The Hall–Kier alpha value is -3.61. The number of nitrogens with one attached hydrogen (secondary N) is 3. The molecule has 7 heteroatoms. The van der Waals surface area contributed by atoms with Crippen LogP contribution in [0.1, 0.15) is 25.7 Å². The predicted molar refractivity (Wildman–Crippen MR) is 114 cm³/mol. The van der Waals surface area contributed by atoms with Crippen LogP contribution in [0.3, 0.4) is 0 Å². The minimum atomic E-state index is -0.397. The molecule has 2 aromatic carbocycles. The van der Waals surface area contributed by atoms with Gasteiger partial charge < -0.3 is 15.3 Å². The lowest BCUT2D eigenvalue weighted by Gasteiger charge is -2.07. The Balaban J connectivity index is 1.27. The summed E-state index contributed by atoms with van der Waals surface area (Å²) in [5, 5.41) is 4.51. The molecular weight excluding hydrogens is 368 g/mol. The van der Waals surface area contributed by atoms with Gasteiger partial charge in [-0.1, -0.05) is 24.6 Å². The van der Waals surface area contributed by atoms with E-state index >= 15 is 0 Å². The normalized spacial score (nSPS) is 11.2. The molecule has 4 aromatic rings. The second-order valence-electron chi connectivity index (χ2n) is 7.07. The number of carbonyl (C=O) groups is 1. The van der Waals surface area contributed by atoms with Crippen LogP contribution in [0.2, 0.25) is 0 Å². The Morgan fingerprint density at radius 1 is 0.966 bits per heavy atom. The molecule has 0 atom stereocenters. The van der Waals surface area contributed by atoms with E-state index in [0.717, 1.165) is 23.0 Å². The Bertz CT molecular complexity index is 1280. The van der Waals surface area contributed by atoms with Gasteiger partial charge in [-0.15, -0.1) is 0 Å². The lowest BCUT2D eigenvalue weighted by molar-refractivity contribution is -0.116. The van der Waals surface area contributed by atoms with Gasteiger partial charge in [-0.05, 0) is 48.6 Å². The summed E-state index contributed by atoms with van der Waals surface area (Å²) in [6, 6.07) is 14.7. The number of aromatic amines is 2. The molecule has 0 spiro atoms. The number of benzene rings is 2. The van der Waals surface area contributed by atoms with E-state index in [1.807, 2.05) is 30.5 Å². The van der Waals surface area contributed by atoms with Crippen molar-refractivity contribution in [1.29, 1.82) is 0 Å². The first kappa shape index (κ1) is 18.7. The van der Waals surface area contributed by atoms with Gasteiger partial charge >= 0.3 is 5.69 Å². The molecule has 0 saturated carbocycles. The van der Waals surface area contributed by atoms with Gasteiger partial charge in [0.1, 0.15) is 0 Å². The van der Waals surface area contributed by atoms with Crippen molar-refractivity contribution in [3.05, 3.63) is 75.6 Å². The fourth-order valence-corrected chi connectivity index (χ4v) is 3.48. The molecule has 4 rings (SSSR count). The van der Waals surface area contributed by atoms with E-state index in [-0.39, 0.29) is 11.5 Å². The van der Waals surface area contributed by atoms with Crippen molar-refractivity contribution in [2.75, 3.05) is 5.32 Å². The third-order valence-electron chi connectivity index (χ3n) is 5.01. The van der Waals surface area contributed by atoms with Crippen LogP contribution in [0.5, 0.6) is 0 Å². The SMILES string of the molecule is O=C(CCCCCn1c(=O)[nH]c2ccccc2c1=O)Nc1ccc2cc[nH]c2c1. The largest absolute Gasteiger partial charge is 0.361 e. The molecule has 1 amide bonds. The van der Waals surface area contributed by atoms with Gasteiger partial charge in [0.15, 0.2) is 0 Å². The van der Waals surface area contributed by atoms with Crippen LogP contribution >= 0.6 is 0 Å². The lowest BCUT2D eigenvalue weighted by Crippen LogP contribution is -2.35. The number of nitrogens with zero attached hydrogens (tertiary/aromatic N) is 1. The van der Waals surface area contributed by atoms with Crippen molar-refractivity contribution in [1.82, 2.24) is 14.5 Å². The summed E-state index contributed by atoms with van der Waals surface area (Å²) in [5.74, 6) is -0.0448. The number of hydrogen-bond donors (Lipinski definition) is 3. The number of anilines is 1. The van der Waals surface area contributed by atoms with E-state index in [0.29, 0.717) is 36.7 Å². The third-order valence-corrected chi connectivity index (χ3v) is 5.01. The van der Waals surface area contributed by atoms with Gasteiger partial charge in [-0.2, -0.15) is 0 Å². The first-order chi connectivity index (χ1) is 14.1. The van der Waals surface area contributed by atoms with Crippen molar-refractivity contribution in [2.45, 2.75) is 32.2 Å². The average Bonchev–Trinajstić information content (AvgIpc) is 3.18. The van der Waals surface area contributed by atoms with E-state index in [4.69, 9.17) is 0 Å². The van der Waals surface area contributed by atoms with Gasteiger partial charge in [0.05, 0.1) is 10.9 Å². The number of unbranched alkanes of at least 4 members (excludes halogenated alkanes) is 2. The molecule has 0 fully saturated rings. The first-order valence-corrected chi connectivity index (χ1v) is 9.71. The van der Waals surface area contributed by atoms with Crippen molar-refractivity contribution < 1.29 is 4.79 Å². The lowest BCUT2D eigenvalue weighted by atomic mass is 10.1. The summed E-state index contributed by atoms with van der Waals surface area (Å²) >= 11 is 0. The van der Waals surface area contributed by atoms with Gasteiger partial charge in [0, 0.05) is 30.4 Å². The summed E-state index contributed by atoms with van der Waals surface area (Å²) in [7, 11) is 0. The molecule has 0 aliphatic heterocycles. The van der Waals surface area contributed by atoms with Crippen molar-refractivity contribution in [3.63, 3.8) is 0 Å². The van der Waals surface area contributed by atoms with Gasteiger partial charge in [0.2, 0.25) is 5.91 Å². The highest BCUT2D eigenvalue weighted by Crippen LogP contribution is 2.18. The molecule has 2 aromatic heterocycles. The molecule has 7 nitrogen and oxygen atoms in total. The molecule has 148 valence electrons. The summed E-state index contributed by atoms with van der Waals surface area (Å²) in [6.45, 7) is 0.337. The molecule has 29 heavy (non-hydrogen) atoms. The smallest absolute Gasteiger partial charge is 0.328 e. The number of para-hydroxylation sites is 1. The maximum Gasteiger partial charge on any atom is 0.328 e. The summed E-state index contributed by atoms with van der Waals surface area (Å²) in [4.78, 5) is 42.6. The minimum Gasteiger partial charge on any atom is -0.361 e. The zero-order chi connectivity index (χ0) is 20.2. The van der Waals surface area contributed by atoms with Crippen LogP contribution in [-0.2, 0) is 11.3 Å². The van der Waals surface area contributed by atoms with E-state index in [9.17, 15) is 14.4 Å². The number of hydrogen-bond acceptors (Lipinski definition) is 3. The number of rotatable bonds is 7. The van der Waals surface area contributed by atoms with Gasteiger partial charge in [-0.3, -0.25) is 14.2 Å². The fourth-order valence-electron chi connectivity index (χ4n) is 3.48. The molecule has 0 radical (unpaired) electrons. The highest BCUT2D eigenvalue weighted by atomic mass is 16.2. The van der Waals surface area contributed by atoms with E-state index in [2.05, 4.69) is 15.3 Å². The van der Waals surface area contributed by atoms with Crippen molar-refractivity contribution in [2.24, 2.45) is 0 Å². The molecule has 0 aliphatic rings. The number of aromatic nitrogens is 3. The number of fused-ring (bicyclic) bond motifs is 2. The quantitative estimate of drug-likeness (QED) is 0.422. The Morgan fingerprint density at radius 3 is 2.72 bits per heavy atom. The van der Waals surface area contributed by atoms with Crippen LogP contribution in [-0.4, -0.2) is 20.4 Å². The maximum atomic E-state index is 12.5. The van der Waals surface area contributed by atoms with E-state index in [1.54, 1.807) is 24.3 Å². The number of carbonyl (C=O) groups excluding carboxylic acids is 1. The van der Waals surface area contributed by atoms with Crippen LogP contribution in [0.4, 0.5) is 5.69 Å². The molecule has 0 aliphatic carbocycles. The van der Waals surface area contributed by atoms with Crippen LogP contribution < -0.4 is 16.6 Å². The highest BCUT2D eigenvalue weighted by molar-refractivity contribution is 5.93. The highest BCUT2D eigenvalue weighted by Gasteiger charge is 2.07. The zero-order valence-electron chi connectivity index (χ0n) is 15.9. The van der Waals surface area contributed by atoms with Gasteiger partial charge in [-0.25, -0.2) is 4.79 Å². The number of amides is 1. The second kappa shape index (κ2) is 8.18. The zero-order valence-corrected chi connectivity index (χ0v) is 15.9. The van der Waals surface area contributed by atoms with Crippen LogP contribution in [0.15, 0.2) is 64.3 Å². The van der Waals surface area contributed by atoms with Crippen molar-refractivity contribution in [3.8, 4) is 0 Å². The van der Waals surface area contributed by atoms with Crippen molar-refractivity contribution >= 4 is 33.4 Å². The topological polar surface area (TPSA) is 99.8 Å². The van der Waals surface area contributed by atoms with Crippen LogP contribution in [0, 0.1) is 0 Å². The molecule has 0 unspecified atom stereocenters. The maximum absolute atomic E-state index is 12.5.